The summed E-state index contributed by atoms with van der Waals surface area (Å²) in [6, 6.07) is 13.6. The second-order valence-electron chi connectivity index (χ2n) is 15.5. The van der Waals surface area contributed by atoms with E-state index < -0.39 is 12.1 Å². The van der Waals surface area contributed by atoms with E-state index in [0.29, 0.717) is 48.4 Å². The highest BCUT2D eigenvalue weighted by Crippen LogP contribution is 2.30. The van der Waals surface area contributed by atoms with Crippen molar-refractivity contribution < 1.29 is 14.7 Å². The molecule has 1 aliphatic carbocycles. The summed E-state index contributed by atoms with van der Waals surface area (Å²) in [4.78, 5) is 36.6. The van der Waals surface area contributed by atoms with Gasteiger partial charge >= 0.3 is 0 Å². The SMILES string of the molecule is CCCCNC(=O)[C@@H](C[C@H](O)[C@H](CC1CCCCC1)NC(=O)CCc1cccnc1-c1nnc2c(CC(C)C)nc(-c3ccccc3)cn12)C(C)C. The van der Waals surface area contributed by atoms with E-state index in [1.165, 1.54) is 19.3 Å². The largest absolute Gasteiger partial charge is 0.391 e. The zero-order valence-corrected chi connectivity index (χ0v) is 31.9. The maximum Gasteiger partial charge on any atom is 0.223 e. The van der Waals surface area contributed by atoms with Crippen LogP contribution in [0.3, 0.4) is 0 Å². The molecule has 5 rings (SSSR count). The highest BCUT2D eigenvalue weighted by Gasteiger charge is 2.32. The number of carbonyl (C=O) groups excluding carboxylic acids is 2. The Morgan fingerprint density at radius 1 is 1.00 bits per heavy atom. The molecule has 0 saturated heterocycles. The fourth-order valence-electron chi connectivity index (χ4n) is 7.48. The molecule has 10 nitrogen and oxygen atoms in total. The van der Waals surface area contributed by atoms with Gasteiger partial charge in [0.05, 0.1) is 23.5 Å². The summed E-state index contributed by atoms with van der Waals surface area (Å²) in [5.74, 6) is 1.05. The second kappa shape index (κ2) is 19.1. The van der Waals surface area contributed by atoms with E-state index in [9.17, 15) is 14.7 Å². The molecule has 52 heavy (non-hydrogen) atoms. The highest BCUT2D eigenvalue weighted by atomic mass is 16.3. The van der Waals surface area contributed by atoms with Crippen LogP contribution in [0.25, 0.3) is 28.4 Å². The number of carbonyl (C=O) groups is 2. The average Bonchev–Trinajstić information content (AvgIpc) is 3.57. The van der Waals surface area contributed by atoms with Crippen LogP contribution in [0, 0.1) is 23.7 Å². The Morgan fingerprint density at radius 3 is 2.48 bits per heavy atom. The van der Waals surface area contributed by atoms with E-state index in [4.69, 9.17) is 9.97 Å². The molecule has 1 aromatic carbocycles. The highest BCUT2D eigenvalue weighted by molar-refractivity contribution is 5.79. The molecule has 0 radical (unpaired) electrons. The smallest absolute Gasteiger partial charge is 0.223 e. The molecule has 2 amide bonds. The Labute approximate surface area is 309 Å². The zero-order valence-electron chi connectivity index (χ0n) is 31.9. The van der Waals surface area contributed by atoms with Crippen molar-refractivity contribution in [3.8, 4) is 22.8 Å². The fourth-order valence-corrected chi connectivity index (χ4v) is 7.48. The van der Waals surface area contributed by atoms with E-state index >= 15 is 0 Å². The molecule has 1 aliphatic rings. The molecular weight excluding hydrogens is 651 g/mol. The third kappa shape index (κ3) is 10.5. The number of amides is 2. The Bertz CT molecular complexity index is 1730. The first-order chi connectivity index (χ1) is 25.1. The van der Waals surface area contributed by atoms with Crippen LogP contribution in [0.4, 0.5) is 0 Å². The average molecular weight is 710 g/mol. The van der Waals surface area contributed by atoms with Crippen molar-refractivity contribution >= 4 is 17.5 Å². The number of aryl methyl sites for hydroxylation is 1. The maximum absolute atomic E-state index is 13.7. The van der Waals surface area contributed by atoms with Crippen molar-refractivity contribution in [3.05, 3.63) is 66.1 Å². The lowest BCUT2D eigenvalue weighted by atomic mass is 9.81. The van der Waals surface area contributed by atoms with Crippen molar-refractivity contribution in [2.75, 3.05) is 6.54 Å². The topological polar surface area (TPSA) is 134 Å². The van der Waals surface area contributed by atoms with E-state index in [1.54, 1.807) is 6.20 Å². The lowest BCUT2D eigenvalue weighted by molar-refractivity contribution is -0.127. The van der Waals surface area contributed by atoms with Crippen LogP contribution in [0.5, 0.6) is 0 Å². The Kier molecular flexibility index (Phi) is 14.3. The summed E-state index contributed by atoms with van der Waals surface area (Å²) in [6.07, 6.45) is 13.1. The molecule has 3 heterocycles. The number of nitrogens with one attached hydrogen (secondary N) is 2. The summed E-state index contributed by atoms with van der Waals surface area (Å²) in [7, 11) is 0. The van der Waals surface area contributed by atoms with Crippen LogP contribution in [0.15, 0.2) is 54.9 Å². The molecule has 3 N–H and O–H groups in total. The van der Waals surface area contributed by atoms with Gasteiger partial charge in [-0.2, -0.15) is 0 Å². The first-order valence-corrected chi connectivity index (χ1v) is 19.6. The summed E-state index contributed by atoms with van der Waals surface area (Å²) < 4.78 is 1.99. The molecule has 1 fully saturated rings. The Morgan fingerprint density at radius 2 is 1.77 bits per heavy atom. The molecular formula is C42H59N7O3. The minimum absolute atomic E-state index is 0.0154. The minimum atomic E-state index is -0.820. The molecule has 1 saturated carbocycles. The number of benzene rings is 1. The van der Waals surface area contributed by atoms with Crippen LogP contribution in [-0.4, -0.2) is 60.2 Å². The van der Waals surface area contributed by atoms with E-state index in [-0.39, 0.29) is 30.1 Å². The van der Waals surface area contributed by atoms with Crippen LogP contribution < -0.4 is 10.6 Å². The summed E-state index contributed by atoms with van der Waals surface area (Å²) in [5, 5.41) is 27.1. The van der Waals surface area contributed by atoms with E-state index in [1.807, 2.05) is 66.9 Å². The van der Waals surface area contributed by atoms with Gasteiger partial charge in [0.2, 0.25) is 11.8 Å². The second-order valence-corrected chi connectivity index (χ2v) is 15.5. The van der Waals surface area contributed by atoms with Gasteiger partial charge in [-0.05, 0) is 61.5 Å². The number of pyridine rings is 1. The lowest BCUT2D eigenvalue weighted by Crippen LogP contribution is -2.47. The van der Waals surface area contributed by atoms with Gasteiger partial charge in [0.15, 0.2) is 11.5 Å². The fraction of sp³-hybridized carbons (Fsp3) is 0.571. The van der Waals surface area contributed by atoms with Gasteiger partial charge in [-0.1, -0.05) is 110 Å². The number of hydrogen-bond donors (Lipinski definition) is 3. The normalized spacial score (nSPS) is 15.5. The van der Waals surface area contributed by atoms with Crippen LogP contribution >= 0.6 is 0 Å². The van der Waals surface area contributed by atoms with Crippen LogP contribution in [-0.2, 0) is 22.4 Å². The molecule has 0 unspecified atom stereocenters. The molecule has 3 atom stereocenters. The Balaban J connectivity index is 1.34. The third-order valence-electron chi connectivity index (χ3n) is 10.4. The number of aliphatic hydroxyl groups excluding tert-OH is 1. The minimum Gasteiger partial charge on any atom is -0.391 e. The monoisotopic (exact) mass is 709 g/mol. The number of nitrogens with zero attached hydrogens (tertiary/aromatic N) is 5. The molecule has 10 heteroatoms. The molecule has 280 valence electrons. The molecule has 4 aromatic rings. The van der Waals surface area contributed by atoms with Gasteiger partial charge in [-0.25, -0.2) is 4.98 Å². The van der Waals surface area contributed by atoms with Gasteiger partial charge in [0, 0.05) is 36.8 Å². The molecule has 0 aliphatic heterocycles. The first kappa shape index (κ1) is 39.0. The predicted molar refractivity (Wildman–Crippen MR) is 206 cm³/mol. The lowest BCUT2D eigenvalue weighted by Gasteiger charge is -2.32. The number of aromatic nitrogens is 5. The van der Waals surface area contributed by atoms with Crippen LogP contribution in [0.2, 0.25) is 0 Å². The van der Waals surface area contributed by atoms with Gasteiger partial charge in [-0.3, -0.25) is 19.0 Å². The van der Waals surface area contributed by atoms with Gasteiger partial charge < -0.3 is 15.7 Å². The number of aliphatic hydroxyl groups is 1. The molecule has 0 bridgehead atoms. The van der Waals surface area contributed by atoms with E-state index in [0.717, 1.165) is 61.0 Å². The van der Waals surface area contributed by atoms with Crippen molar-refractivity contribution in [2.24, 2.45) is 23.7 Å². The maximum atomic E-state index is 13.7. The quantitative estimate of drug-likeness (QED) is 0.0918. The Hall–Kier alpha value is -4.18. The number of hydrogen-bond acceptors (Lipinski definition) is 7. The number of unbranched alkanes of at least 4 members (excludes halogenated alkanes) is 1. The first-order valence-electron chi connectivity index (χ1n) is 19.6. The number of fused-ring (bicyclic) bond motifs is 1. The van der Waals surface area contributed by atoms with E-state index in [2.05, 4.69) is 41.6 Å². The zero-order chi connectivity index (χ0) is 37.0. The standard InChI is InChI=1S/C42H59N7O3/c1-6-7-22-44-42(52)33(29(4)5)26-37(50)34(25-30-15-10-8-11-16-30)46-38(51)21-20-32-19-14-23-43-39(32)41-48-47-40-35(24-28(2)3)45-36(27-49(40)41)31-17-12-9-13-18-31/h9,12-14,17-19,23,27-30,33-34,37,50H,6-8,10-11,15-16,20-22,24-26H2,1-5H3,(H,44,52)(H,46,51)/t33-,34-,37-/m0/s1. The van der Waals surface area contributed by atoms with Crippen molar-refractivity contribution in [3.63, 3.8) is 0 Å². The molecule has 3 aromatic heterocycles. The van der Waals surface area contributed by atoms with Gasteiger partial charge in [0.25, 0.3) is 0 Å². The van der Waals surface area contributed by atoms with Crippen molar-refractivity contribution in [1.82, 2.24) is 35.2 Å². The van der Waals surface area contributed by atoms with Gasteiger partial charge in [-0.15, -0.1) is 10.2 Å². The summed E-state index contributed by atoms with van der Waals surface area (Å²) >= 11 is 0. The molecule has 0 spiro atoms. The summed E-state index contributed by atoms with van der Waals surface area (Å²) in [5.41, 5.74) is 5.00. The predicted octanol–water partition coefficient (Wildman–Crippen LogP) is 7.38. The van der Waals surface area contributed by atoms with Crippen molar-refractivity contribution in [2.45, 2.75) is 124 Å². The number of rotatable bonds is 18. The summed E-state index contributed by atoms with van der Waals surface area (Å²) in [6.45, 7) is 11.1. The third-order valence-corrected chi connectivity index (χ3v) is 10.4. The van der Waals surface area contributed by atoms with Crippen molar-refractivity contribution in [1.29, 1.82) is 0 Å². The van der Waals surface area contributed by atoms with Crippen LogP contribution in [0.1, 0.15) is 110 Å². The van der Waals surface area contributed by atoms with Gasteiger partial charge in [0.1, 0.15) is 5.69 Å².